The first kappa shape index (κ1) is 14.5. The minimum absolute atomic E-state index is 0.117. The molecular weight excluding hydrogens is 281 g/mol. The maximum Gasteiger partial charge on any atom is 0.256 e. The van der Waals surface area contributed by atoms with Crippen LogP contribution in [-0.4, -0.2) is 24.7 Å². The van der Waals surface area contributed by atoms with Crippen LogP contribution in [0, 0.1) is 0 Å². The van der Waals surface area contributed by atoms with E-state index in [1.54, 1.807) is 31.2 Å². The minimum Gasteiger partial charge on any atom is -0.206 e. The van der Waals surface area contributed by atoms with E-state index in [0.29, 0.717) is 5.88 Å². The van der Waals surface area contributed by atoms with Crippen LogP contribution in [-0.2, 0) is 10.0 Å². The van der Waals surface area contributed by atoms with Gasteiger partial charge in [0.15, 0.2) is 0 Å². The van der Waals surface area contributed by atoms with E-state index in [1.165, 1.54) is 12.1 Å². The maximum absolute atomic E-state index is 12.0. The van der Waals surface area contributed by atoms with Crippen molar-refractivity contribution in [1.29, 1.82) is 0 Å². The van der Waals surface area contributed by atoms with Crippen LogP contribution in [0.4, 0.5) is 0 Å². The third-order valence-corrected chi connectivity index (χ3v) is 4.44. The highest BCUT2D eigenvalue weighted by Gasteiger charge is 2.22. The first-order chi connectivity index (χ1) is 7.98. The van der Waals surface area contributed by atoms with E-state index in [0.717, 1.165) is 9.40 Å². The lowest BCUT2D eigenvalue weighted by atomic mass is 10.3. The Bertz CT molecular complexity index is 485. The zero-order valence-corrected chi connectivity index (χ0v) is 11.6. The summed E-state index contributed by atoms with van der Waals surface area (Å²) in [6, 6.07) is 8.06. The Morgan fingerprint density at radius 2 is 1.94 bits per heavy atom. The van der Waals surface area contributed by atoms with Gasteiger partial charge in [0.2, 0.25) is 0 Å². The predicted octanol–water partition coefficient (Wildman–Crippen LogP) is 3.02. The van der Waals surface area contributed by atoms with Crippen molar-refractivity contribution >= 4 is 33.4 Å². The van der Waals surface area contributed by atoms with Crippen LogP contribution in [0.2, 0.25) is 0 Å². The monoisotopic (exact) mass is 293 g/mol. The van der Waals surface area contributed by atoms with Crippen LogP contribution in [0.1, 0.15) is 6.92 Å². The lowest BCUT2D eigenvalue weighted by molar-refractivity contribution is 0.548. The molecule has 0 saturated heterocycles. The molecule has 1 rings (SSSR count). The molecule has 0 N–H and O–H groups in total. The quantitative estimate of drug-likeness (QED) is 0.475. The average Bonchev–Trinajstić information content (AvgIpc) is 2.30. The molecule has 0 fully saturated rings. The standard InChI is InChI=1S/C11H13Cl2NO2S/c1-10(7-8-12)9-14(13)17(15,16)11-5-3-2-4-6-11/h2-7H,8-9H2,1H3/b10-7+. The molecule has 0 heterocycles. The van der Waals surface area contributed by atoms with E-state index in [2.05, 4.69) is 0 Å². The number of sulfonamides is 1. The van der Waals surface area contributed by atoms with Gasteiger partial charge in [-0.25, -0.2) is 8.42 Å². The van der Waals surface area contributed by atoms with E-state index < -0.39 is 10.0 Å². The Balaban J connectivity index is 2.89. The smallest absolute Gasteiger partial charge is 0.206 e. The predicted molar refractivity (Wildman–Crippen MR) is 70.7 cm³/mol. The molecule has 1 aromatic rings. The number of hydrogen-bond acceptors (Lipinski definition) is 2. The van der Waals surface area contributed by atoms with Crippen LogP contribution in [0.25, 0.3) is 0 Å². The van der Waals surface area contributed by atoms with Gasteiger partial charge >= 0.3 is 0 Å². The summed E-state index contributed by atoms with van der Waals surface area (Å²) in [6.45, 7) is 1.89. The molecule has 17 heavy (non-hydrogen) atoms. The van der Waals surface area contributed by atoms with Crippen molar-refractivity contribution in [2.75, 3.05) is 12.4 Å². The van der Waals surface area contributed by atoms with Gasteiger partial charge in [-0.3, -0.25) is 0 Å². The molecular formula is C11H13Cl2NO2S. The highest BCUT2D eigenvalue weighted by molar-refractivity contribution is 7.90. The molecule has 0 atom stereocenters. The zero-order chi connectivity index (χ0) is 12.9. The Labute approximate surface area is 112 Å². The molecule has 3 nitrogen and oxygen atoms in total. The van der Waals surface area contributed by atoms with Gasteiger partial charge in [0.05, 0.1) is 11.4 Å². The Morgan fingerprint density at radius 1 is 1.35 bits per heavy atom. The lowest BCUT2D eigenvalue weighted by Gasteiger charge is -2.14. The van der Waals surface area contributed by atoms with Crippen molar-refractivity contribution < 1.29 is 8.42 Å². The second kappa shape index (κ2) is 6.40. The zero-order valence-electron chi connectivity index (χ0n) is 9.31. The Kier molecular flexibility index (Phi) is 5.46. The van der Waals surface area contributed by atoms with Crippen LogP contribution in [0.15, 0.2) is 46.9 Å². The molecule has 0 aliphatic carbocycles. The van der Waals surface area contributed by atoms with Crippen LogP contribution < -0.4 is 0 Å². The van der Waals surface area contributed by atoms with E-state index in [9.17, 15) is 8.42 Å². The van der Waals surface area contributed by atoms with E-state index >= 15 is 0 Å². The summed E-state index contributed by atoms with van der Waals surface area (Å²) in [4.78, 5) is 0.175. The highest BCUT2D eigenvalue weighted by atomic mass is 35.5. The van der Waals surface area contributed by atoms with Crippen LogP contribution in [0.3, 0.4) is 0 Å². The molecule has 0 saturated carbocycles. The molecule has 0 aliphatic heterocycles. The summed E-state index contributed by atoms with van der Waals surface area (Å²) in [6.07, 6.45) is 1.72. The van der Waals surface area contributed by atoms with Crippen molar-refractivity contribution in [3.63, 3.8) is 0 Å². The third kappa shape index (κ3) is 4.00. The molecule has 6 heteroatoms. The molecule has 0 unspecified atom stereocenters. The van der Waals surface area contributed by atoms with Gasteiger partial charge in [0.25, 0.3) is 10.0 Å². The van der Waals surface area contributed by atoms with E-state index in [4.69, 9.17) is 23.4 Å². The summed E-state index contributed by atoms with van der Waals surface area (Å²) in [5, 5.41) is 0. The van der Waals surface area contributed by atoms with Crippen LogP contribution >= 0.6 is 23.4 Å². The second-order valence-corrected chi connectivity index (χ2v) is 6.25. The van der Waals surface area contributed by atoms with Crippen molar-refractivity contribution in [3.8, 4) is 0 Å². The number of rotatable bonds is 5. The first-order valence-electron chi connectivity index (χ1n) is 4.93. The van der Waals surface area contributed by atoms with Gasteiger partial charge < -0.3 is 0 Å². The molecule has 0 radical (unpaired) electrons. The fourth-order valence-electron chi connectivity index (χ4n) is 1.18. The third-order valence-electron chi connectivity index (χ3n) is 2.10. The molecule has 0 aromatic heterocycles. The average molecular weight is 294 g/mol. The summed E-state index contributed by atoms with van der Waals surface area (Å²) >= 11 is 11.3. The Morgan fingerprint density at radius 3 is 2.47 bits per heavy atom. The van der Waals surface area contributed by atoms with Crippen molar-refractivity contribution in [2.24, 2.45) is 0 Å². The summed E-state index contributed by atoms with van der Waals surface area (Å²) < 4.78 is 24.8. The van der Waals surface area contributed by atoms with Gasteiger partial charge in [0, 0.05) is 5.88 Å². The summed E-state index contributed by atoms with van der Waals surface area (Å²) in [5.74, 6) is 0.335. The lowest BCUT2D eigenvalue weighted by Crippen LogP contribution is -2.23. The number of hydrogen-bond donors (Lipinski definition) is 0. The molecule has 94 valence electrons. The largest absolute Gasteiger partial charge is 0.256 e. The van der Waals surface area contributed by atoms with E-state index in [-0.39, 0.29) is 11.4 Å². The SMILES string of the molecule is C/C(=C\CCl)CN(Cl)S(=O)(=O)c1ccccc1. The summed E-state index contributed by atoms with van der Waals surface area (Å²) in [5.41, 5.74) is 0.800. The van der Waals surface area contributed by atoms with Gasteiger partial charge in [-0.2, -0.15) is 0 Å². The van der Waals surface area contributed by atoms with Gasteiger partial charge in [-0.1, -0.05) is 29.8 Å². The molecule has 0 amide bonds. The molecule has 0 aliphatic rings. The second-order valence-electron chi connectivity index (χ2n) is 3.47. The van der Waals surface area contributed by atoms with Gasteiger partial charge in [-0.05, 0) is 30.8 Å². The fourth-order valence-corrected chi connectivity index (χ4v) is 2.98. The fraction of sp³-hybridized carbons (Fsp3) is 0.273. The minimum atomic E-state index is -3.64. The molecule has 0 bridgehead atoms. The Hall–Kier alpha value is -0.550. The van der Waals surface area contributed by atoms with Gasteiger partial charge in [-0.15, -0.1) is 15.4 Å². The normalized spacial score (nSPS) is 13.1. The van der Waals surface area contributed by atoms with Crippen molar-refractivity contribution in [1.82, 2.24) is 3.82 Å². The van der Waals surface area contributed by atoms with Crippen molar-refractivity contribution in [2.45, 2.75) is 11.8 Å². The topological polar surface area (TPSA) is 37.4 Å². The summed E-state index contributed by atoms with van der Waals surface area (Å²) in [7, 11) is -3.64. The number of allylic oxidation sites excluding steroid dienone is 1. The number of alkyl halides is 1. The van der Waals surface area contributed by atoms with Gasteiger partial charge in [0.1, 0.15) is 0 Å². The number of nitrogens with zero attached hydrogens (tertiary/aromatic N) is 1. The number of halogens is 2. The maximum atomic E-state index is 12.0. The highest BCUT2D eigenvalue weighted by Crippen LogP contribution is 2.18. The number of benzene rings is 1. The van der Waals surface area contributed by atoms with Crippen LogP contribution in [0.5, 0.6) is 0 Å². The molecule has 0 spiro atoms. The van der Waals surface area contributed by atoms with Crippen molar-refractivity contribution in [3.05, 3.63) is 42.0 Å². The van der Waals surface area contributed by atoms with E-state index in [1.807, 2.05) is 0 Å². The molecule has 1 aromatic carbocycles. The first-order valence-corrected chi connectivity index (χ1v) is 7.25.